The highest BCUT2D eigenvalue weighted by Gasteiger charge is 2.33. The first-order valence-corrected chi connectivity index (χ1v) is 6.72. The van der Waals surface area contributed by atoms with Gasteiger partial charge in [0.25, 0.3) is 0 Å². The quantitative estimate of drug-likeness (QED) is 0.329. The molecule has 0 radical (unpaired) electrons. The maximum absolute atomic E-state index is 12.2. The van der Waals surface area contributed by atoms with Crippen LogP contribution in [0.1, 0.15) is 27.1 Å². The standard InChI is InChI=1S/C16H16N2O5/c1-22-16(8-6-10(7-9-16)13(17)18)23-15(21)12-4-2-11(3-5-12)14(19)20/h2-8H,9H2,1H3,(H3,17,18)(H,19,20). The van der Waals surface area contributed by atoms with Gasteiger partial charge in [0, 0.05) is 19.1 Å². The van der Waals surface area contributed by atoms with Crippen LogP contribution in [0.15, 0.2) is 48.1 Å². The summed E-state index contributed by atoms with van der Waals surface area (Å²) in [5.41, 5.74) is 6.21. The largest absolute Gasteiger partial charge is 0.478 e. The van der Waals surface area contributed by atoms with E-state index >= 15 is 0 Å². The normalized spacial score (nSPS) is 19.8. The zero-order valence-corrected chi connectivity index (χ0v) is 12.4. The number of nitrogens with one attached hydrogen (secondary N) is 1. The van der Waals surface area contributed by atoms with Crippen LogP contribution >= 0.6 is 0 Å². The first-order chi connectivity index (χ1) is 10.9. The lowest BCUT2D eigenvalue weighted by atomic mass is 10.0. The summed E-state index contributed by atoms with van der Waals surface area (Å²) >= 11 is 0. The minimum Gasteiger partial charge on any atom is -0.478 e. The van der Waals surface area contributed by atoms with Crippen LogP contribution in [0.4, 0.5) is 0 Å². The Bertz CT molecular complexity index is 706. The third kappa shape index (κ3) is 3.64. The van der Waals surface area contributed by atoms with Crippen molar-refractivity contribution < 1.29 is 24.2 Å². The fraction of sp³-hybridized carbons (Fsp3) is 0.188. The van der Waals surface area contributed by atoms with E-state index in [2.05, 4.69) is 0 Å². The van der Waals surface area contributed by atoms with Crippen molar-refractivity contribution in [2.75, 3.05) is 7.11 Å². The highest BCUT2D eigenvalue weighted by atomic mass is 16.7. The van der Waals surface area contributed by atoms with Gasteiger partial charge in [0.2, 0.25) is 5.79 Å². The molecule has 0 aliphatic heterocycles. The van der Waals surface area contributed by atoms with Gasteiger partial charge in [0.15, 0.2) is 0 Å². The molecule has 1 unspecified atom stereocenters. The topological polar surface area (TPSA) is 123 Å². The van der Waals surface area contributed by atoms with E-state index in [-0.39, 0.29) is 23.4 Å². The highest BCUT2D eigenvalue weighted by Crippen LogP contribution is 2.27. The van der Waals surface area contributed by atoms with Crippen LogP contribution in [-0.4, -0.2) is 35.8 Å². The Labute approximate surface area is 132 Å². The predicted octanol–water partition coefficient (Wildman–Crippen LogP) is 1.71. The van der Waals surface area contributed by atoms with Gasteiger partial charge < -0.3 is 20.3 Å². The predicted molar refractivity (Wildman–Crippen MR) is 82.3 cm³/mol. The van der Waals surface area contributed by atoms with Crippen molar-refractivity contribution in [1.29, 1.82) is 5.41 Å². The van der Waals surface area contributed by atoms with Crippen molar-refractivity contribution in [1.82, 2.24) is 0 Å². The highest BCUT2D eigenvalue weighted by molar-refractivity contribution is 5.97. The summed E-state index contributed by atoms with van der Waals surface area (Å²) in [6.45, 7) is 0. The van der Waals surface area contributed by atoms with Crippen molar-refractivity contribution in [3.8, 4) is 0 Å². The lowest BCUT2D eigenvalue weighted by molar-refractivity contribution is -0.150. The average molecular weight is 316 g/mol. The molecule has 0 fully saturated rings. The molecule has 1 atom stereocenters. The number of benzene rings is 1. The van der Waals surface area contributed by atoms with Gasteiger partial charge >= 0.3 is 11.9 Å². The number of aromatic carboxylic acids is 1. The van der Waals surface area contributed by atoms with Crippen LogP contribution in [-0.2, 0) is 9.47 Å². The Hall–Kier alpha value is -2.93. The first-order valence-electron chi connectivity index (χ1n) is 6.72. The number of carboxylic acids is 1. The van der Waals surface area contributed by atoms with Crippen molar-refractivity contribution >= 4 is 17.8 Å². The molecule has 120 valence electrons. The summed E-state index contributed by atoms with van der Waals surface area (Å²) in [7, 11) is 1.40. The second kappa shape index (κ2) is 6.45. The molecular weight excluding hydrogens is 300 g/mol. The van der Waals surface area contributed by atoms with E-state index in [4.69, 9.17) is 25.7 Å². The van der Waals surface area contributed by atoms with Gasteiger partial charge in [0.1, 0.15) is 5.84 Å². The number of carbonyl (C=O) groups excluding carboxylic acids is 1. The summed E-state index contributed by atoms with van der Waals surface area (Å²) in [6.07, 6.45) is 4.93. The maximum Gasteiger partial charge on any atom is 0.340 e. The molecule has 1 aromatic rings. The van der Waals surface area contributed by atoms with Gasteiger partial charge in [-0.3, -0.25) is 5.41 Å². The van der Waals surface area contributed by atoms with Crippen LogP contribution in [0.5, 0.6) is 0 Å². The SMILES string of the molecule is COC1(OC(=O)c2ccc(C(=O)O)cc2)C=CC(C(=N)N)=CC1. The Morgan fingerprint density at radius 3 is 2.30 bits per heavy atom. The van der Waals surface area contributed by atoms with Crippen molar-refractivity contribution in [2.24, 2.45) is 5.73 Å². The third-order valence-corrected chi connectivity index (χ3v) is 3.41. The van der Waals surface area contributed by atoms with E-state index in [9.17, 15) is 9.59 Å². The third-order valence-electron chi connectivity index (χ3n) is 3.41. The summed E-state index contributed by atoms with van der Waals surface area (Å²) in [5, 5.41) is 16.2. The second-order valence-corrected chi connectivity index (χ2v) is 4.90. The lowest BCUT2D eigenvalue weighted by Crippen LogP contribution is -2.36. The molecule has 23 heavy (non-hydrogen) atoms. The number of esters is 1. The van der Waals surface area contributed by atoms with Gasteiger partial charge in [-0.05, 0) is 36.4 Å². The van der Waals surface area contributed by atoms with E-state index in [1.807, 2.05) is 0 Å². The zero-order chi connectivity index (χ0) is 17.0. The van der Waals surface area contributed by atoms with Crippen molar-refractivity contribution in [3.05, 3.63) is 59.2 Å². The fourth-order valence-electron chi connectivity index (χ4n) is 2.04. The molecule has 0 heterocycles. The zero-order valence-electron chi connectivity index (χ0n) is 12.4. The molecule has 2 rings (SSSR count). The van der Waals surface area contributed by atoms with E-state index in [1.165, 1.54) is 37.5 Å². The molecule has 7 heteroatoms. The Kier molecular flexibility index (Phi) is 4.61. The van der Waals surface area contributed by atoms with Crippen molar-refractivity contribution in [2.45, 2.75) is 12.2 Å². The molecule has 0 saturated heterocycles. The molecule has 0 aromatic heterocycles. The molecule has 1 aliphatic carbocycles. The smallest absolute Gasteiger partial charge is 0.340 e. The van der Waals surface area contributed by atoms with Gasteiger partial charge in [0.05, 0.1) is 11.1 Å². The number of nitrogens with two attached hydrogens (primary N) is 1. The number of hydrogen-bond donors (Lipinski definition) is 3. The second-order valence-electron chi connectivity index (χ2n) is 4.90. The molecule has 7 nitrogen and oxygen atoms in total. The van der Waals surface area contributed by atoms with E-state index in [1.54, 1.807) is 12.2 Å². The van der Waals surface area contributed by atoms with Crippen LogP contribution in [0.2, 0.25) is 0 Å². The number of carboxylic acid groups (broad SMARTS) is 1. The maximum atomic E-state index is 12.2. The summed E-state index contributed by atoms with van der Waals surface area (Å²) in [5.74, 6) is -3.08. The monoisotopic (exact) mass is 316 g/mol. The molecular formula is C16H16N2O5. The van der Waals surface area contributed by atoms with E-state index in [0.29, 0.717) is 5.57 Å². The Morgan fingerprint density at radius 1 is 1.26 bits per heavy atom. The average Bonchev–Trinajstić information content (AvgIpc) is 2.55. The summed E-state index contributed by atoms with van der Waals surface area (Å²) in [4.78, 5) is 23.0. The first kappa shape index (κ1) is 16.4. The van der Waals surface area contributed by atoms with Gasteiger partial charge in [-0.2, -0.15) is 0 Å². The van der Waals surface area contributed by atoms with Gasteiger partial charge in [-0.25, -0.2) is 9.59 Å². The van der Waals surface area contributed by atoms with E-state index in [0.717, 1.165) is 0 Å². The van der Waals surface area contributed by atoms with E-state index < -0.39 is 17.7 Å². The fourth-order valence-corrected chi connectivity index (χ4v) is 2.04. The van der Waals surface area contributed by atoms with Crippen LogP contribution in [0, 0.1) is 5.41 Å². The molecule has 4 N–H and O–H groups in total. The molecule has 0 saturated carbocycles. The number of hydrogen-bond acceptors (Lipinski definition) is 5. The molecule has 1 aliphatic rings. The van der Waals surface area contributed by atoms with Crippen LogP contribution < -0.4 is 5.73 Å². The summed E-state index contributed by atoms with van der Waals surface area (Å²) < 4.78 is 10.7. The number of amidine groups is 1. The van der Waals surface area contributed by atoms with Crippen LogP contribution in [0.25, 0.3) is 0 Å². The van der Waals surface area contributed by atoms with Crippen LogP contribution in [0.3, 0.4) is 0 Å². The van der Waals surface area contributed by atoms with Crippen molar-refractivity contribution in [3.63, 3.8) is 0 Å². The Morgan fingerprint density at radius 2 is 1.87 bits per heavy atom. The number of rotatable bonds is 5. The number of ether oxygens (including phenoxy) is 2. The van der Waals surface area contributed by atoms with Gasteiger partial charge in [-0.1, -0.05) is 6.08 Å². The number of methoxy groups -OCH3 is 1. The Balaban J connectivity index is 2.13. The minimum atomic E-state index is -1.28. The summed E-state index contributed by atoms with van der Waals surface area (Å²) in [6, 6.07) is 5.39. The lowest BCUT2D eigenvalue weighted by Gasteiger charge is -2.30. The number of carbonyl (C=O) groups is 2. The molecule has 0 bridgehead atoms. The molecule has 1 aromatic carbocycles. The van der Waals surface area contributed by atoms with Gasteiger partial charge in [-0.15, -0.1) is 0 Å². The molecule has 0 spiro atoms. The minimum absolute atomic E-state index is 0.0783. The molecule has 0 amide bonds.